The molecule has 30 heavy (non-hydrogen) atoms. The van der Waals surface area contributed by atoms with Gasteiger partial charge in [0.15, 0.2) is 0 Å². The van der Waals surface area contributed by atoms with Crippen molar-refractivity contribution in [1.82, 2.24) is 0 Å². The maximum atomic E-state index is 3.41. The van der Waals surface area contributed by atoms with E-state index in [2.05, 4.69) is 36.6 Å². The molecule has 0 rings (SSSR count). The van der Waals surface area contributed by atoms with E-state index in [9.17, 15) is 0 Å². The lowest BCUT2D eigenvalue weighted by Crippen LogP contribution is -2.07. The van der Waals surface area contributed by atoms with Gasteiger partial charge in [-0.2, -0.15) is 0 Å². The Kier molecular flexibility index (Phi) is 28.7. The Hall–Kier alpha value is 1.77. The van der Waals surface area contributed by atoms with Gasteiger partial charge in [0.25, 0.3) is 0 Å². The van der Waals surface area contributed by atoms with Crippen LogP contribution in [-0.4, -0.2) is 24.6 Å². The lowest BCUT2D eigenvalue weighted by molar-refractivity contribution is 0.617. The molecule has 0 spiro atoms. The largest absolute Gasteiger partial charge is 0.114 e. The van der Waals surface area contributed by atoms with Crippen LogP contribution in [0, 0.1) is 0 Å². The van der Waals surface area contributed by atoms with Gasteiger partial charge in [-0.15, -0.1) is 17.0 Å². The molecule has 0 N–H and O–H groups in total. The van der Waals surface area contributed by atoms with Crippen molar-refractivity contribution >= 4 is 40.2 Å². The highest BCUT2D eigenvalue weighted by Gasteiger charge is 2.41. The zero-order valence-electron chi connectivity index (χ0n) is 21.4. The van der Waals surface area contributed by atoms with Crippen molar-refractivity contribution in [3.05, 3.63) is 0 Å². The predicted octanol–water partition coefficient (Wildman–Crippen LogP) is 11.9. The maximum absolute atomic E-state index is 3.41. The van der Waals surface area contributed by atoms with Crippen molar-refractivity contribution in [2.24, 2.45) is 0 Å². The fourth-order valence-corrected chi connectivity index (χ4v) is 17.6. The molecule has 0 aliphatic rings. The molecule has 2 atom stereocenters. The van der Waals surface area contributed by atoms with Gasteiger partial charge in [0.1, 0.15) is 0 Å². The molecule has 0 nitrogen and oxygen atoms in total. The van der Waals surface area contributed by atoms with Crippen molar-refractivity contribution < 1.29 is 0 Å². The molecule has 2 unspecified atom stereocenters. The first-order valence-electron chi connectivity index (χ1n) is 13.6. The van der Waals surface area contributed by atoms with E-state index in [1.165, 1.54) is 122 Å². The van der Waals surface area contributed by atoms with E-state index in [0.717, 1.165) is 0 Å². The highest BCUT2D eigenvalue weighted by molar-refractivity contribution is 8.93. The molecule has 0 aromatic heterocycles. The van der Waals surface area contributed by atoms with Gasteiger partial charge in [-0.25, -0.2) is 0 Å². The van der Waals surface area contributed by atoms with Gasteiger partial charge in [0.2, 0.25) is 0 Å². The van der Waals surface area contributed by atoms with Gasteiger partial charge in [-0.05, 0) is 38.5 Å². The van der Waals surface area contributed by atoms with Crippen molar-refractivity contribution in [3.63, 3.8) is 0 Å². The molecular weight excluding hydrogens is 485 g/mol. The van der Waals surface area contributed by atoms with Crippen LogP contribution in [0.1, 0.15) is 143 Å². The molecule has 0 aliphatic heterocycles. The number of halogens is 1. The van der Waals surface area contributed by atoms with Gasteiger partial charge in [0.05, 0.1) is 25.8 Å². The summed E-state index contributed by atoms with van der Waals surface area (Å²) in [5, 5.41) is 0. The van der Waals surface area contributed by atoms with Crippen LogP contribution in [0.2, 0.25) is 0 Å². The number of hydrogen-bond acceptors (Lipinski definition) is 0. The second-order valence-electron chi connectivity index (χ2n) is 9.32. The number of rotatable bonds is 23. The average Bonchev–Trinajstić information content (AvgIpc) is 2.74. The molecule has 184 valence electrons. The minimum Gasteiger partial charge on any atom is -0.114 e. The van der Waals surface area contributed by atoms with Gasteiger partial charge in [-0.1, -0.05) is 114 Å². The van der Waals surface area contributed by atoms with Crippen molar-refractivity contribution in [3.8, 4) is 0 Å². The van der Waals surface area contributed by atoms with E-state index in [1.54, 1.807) is 18.5 Å². The fraction of sp³-hybridized carbons (Fsp3) is 1.00. The monoisotopic (exact) mass is 543 g/mol. The lowest BCUT2D eigenvalue weighted by Gasteiger charge is -2.33. The topological polar surface area (TPSA) is 0 Å². The van der Waals surface area contributed by atoms with Gasteiger partial charge in [-0.3, -0.25) is 0 Å². The minimum absolute atomic E-state index is 0. The molecule has 0 bridgehead atoms. The fourth-order valence-electron chi connectivity index (χ4n) is 4.58. The molecule has 0 saturated heterocycles. The first-order chi connectivity index (χ1) is 14.2. The number of hydrogen-bond donors (Lipinski definition) is 0. The summed E-state index contributed by atoms with van der Waals surface area (Å²) in [6, 6.07) is 0. The highest BCUT2D eigenvalue weighted by Crippen LogP contribution is 2.88. The first-order valence-corrected chi connectivity index (χ1v) is 19.7. The summed E-state index contributed by atoms with van der Waals surface area (Å²) < 4.78 is 0. The Morgan fingerprint density at radius 3 is 1.00 bits per heavy atom. The highest BCUT2D eigenvalue weighted by atomic mass is 79.9. The molecule has 0 radical (unpaired) electrons. The lowest BCUT2D eigenvalue weighted by atomic mass is 10.1. The van der Waals surface area contributed by atoms with Gasteiger partial charge >= 0.3 is 0 Å². The minimum atomic E-state index is -0.726. The second kappa shape index (κ2) is 25.4. The summed E-state index contributed by atoms with van der Waals surface area (Å²) in [6.45, 7) is 8.76. The Morgan fingerprint density at radius 2 is 0.733 bits per heavy atom. The van der Waals surface area contributed by atoms with E-state index in [-0.39, 0.29) is 24.3 Å². The van der Waals surface area contributed by atoms with E-state index in [4.69, 9.17) is 0 Å². The Morgan fingerprint density at radius 1 is 0.467 bits per heavy atom. The molecule has 0 aromatic carbocycles. The molecule has 0 amide bonds. The summed E-state index contributed by atoms with van der Waals surface area (Å²) in [5.74, 6) is 0. The second-order valence-corrected chi connectivity index (χ2v) is 21.6. The summed E-state index contributed by atoms with van der Waals surface area (Å²) in [4.78, 5) is 0. The quantitative estimate of drug-likeness (QED) is 0.0886. The Labute approximate surface area is 207 Å². The third kappa shape index (κ3) is 18.2. The first kappa shape index (κ1) is 33.9. The van der Waals surface area contributed by atoms with Crippen LogP contribution in [0.25, 0.3) is 0 Å². The van der Waals surface area contributed by atoms with Gasteiger partial charge < -0.3 is 0 Å². The van der Waals surface area contributed by atoms with E-state index < -0.39 is 6.95 Å². The van der Waals surface area contributed by atoms with Crippen LogP contribution in [0.3, 0.4) is 0 Å². The molecule has 0 aliphatic carbocycles. The smallest absolute Gasteiger partial charge is 0.0719 e. The van der Waals surface area contributed by atoms with Crippen LogP contribution < -0.4 is 0 Å². The summed E-state index contributed by atoms with van der Waals surface area (Å²) in [7, 11) is 3.63. The van der Waals surface area contributed by atoms with Gasteiger partial charge in [0, 0.05) is 13.1 Å². The van der Waals surface area contributed by atoms with Crippen LogP contribution in [0.4, 0.5) is 0 Å². The zero-order valence-corrected chi connectivity index (χ0v) is 26.1. The van der Waals surface area contributed by atoms with Crippen molar-refractivity contribution in [2.45, 2.75) is 143 Å². The summed E-state index contributed by atoms with van der Waals surface area (Å²) in [5.41, 5.74) is 0. The van der Waals surface area contributed by atoms with E-state index >= 15 is 0 Å². The standard InChI is InChI=1S/C26H58P3.BrH/c1-5-9-12-15-18-21-24-29(28(27)8-4,25-22-19-16-13-10-6-2)26-23-20-17-14-11-7-3;/h5-27H2,1-4H3;1H/q+1;. The van der Waals surface area contributed by atoms with Crippen molar-refractivity contribution in [2.75, 3.05) is 24.6 Å². The molecule has 0 saturated carbocycles. The summed E-state index contributed by atoms with van der Waals surface area (Å²) in [6.07, 6.45) is 32.8. The average molecular weight is 545 g/mol. The van der Waals surface area contributed by atoms with Crippen LogP contribution in [0.5, 0.6) is 0 Å². The normalized spacial score (nSPS) is 12.7. The van der Waals surface area contributed by atoms with Crippen LogP contribution in [0.15, 0.2) is 0 Å². The molecule has 0 fully saturated rings. The Balaban J connectivity index is 0. The third-order valence-electron chi connectivity index (χ3n) is 6.65. The van der Waals surface area contributed by atoms with E-state index in [1.807, 2.05) is 0 Å². The molecular formula is C26H59BrP3+. The molecule has 0 heterocycles. The molecule has 4 heteroatoms. The van der Waals surface area contributed by atoms with E-state index in [0.29, 0.717) is 0 Å². The van der Waals surface area contributed by atoms with Crippen LogP contribution >= 0.6 is 40.2 Å². The predicted molar refractivity (Wildman–Crippen MR) is 159 cm³/mol. The maximum Gasteiger partial charge on any atom is 0.0719 e. The van der Waals surface area contributed by atoms with Crippen molar-refractivity contribution in [1.29, 1.82) is 0 Å². The summed E-state index contributed by atoms with van der Waals surface area (Å²) >= 11 is 0. The Bertz CT molecular complexity index is 285. The zero-order chi connectivity index (χ0) is 21.6. The van der Waals surface area contributed by atoms with Crippen LogP contribution in [-0.2, 0) is 0 Å². The molecule has 0 aromatic rings. The number of unbranched alkanes of at least 4 members (excludes halogenated alkanes) is 15. The SMILES string of the molecule is Br.CCCCCCCC[P+](CCCCCCCC)(CCCCCCCC)P(P)CC. The third-order valence-corrected chi connectivity index (χ3v) is 23.3.